The Morgan fingerprint density at radius 3 is 2.38 bits per heavy atom. The van der Waals surface area contributed by atoms with Crippen molar-refractivity contribution in [3.05, 3.63) is 0 Å². The summed E-state index contributed by atoms with van der Waals surface area (Å²) in [5.41, 5.74) is 0. The molecule has 5 heteroatoms. The van der Waals surface area contributed by atoms with Crippen LogP contribution in [0.5, 0.6) is 0 Å². The van der Waals surface area contributed by atoms with Crippen molar-refractivity contribution in [2.75, 3.05) is 26.2 Å². The van der Waals surface area contributed by atoms with Crippen molar-refractivity contribution in [2.45, 2.75) is 0 Å². The normalized spacial score (nSPS) is 33.2. The van der Waals surface area contributed by atoms with Gasteiger partial charge in [0.2, 0.25) is 0 Å². The van der Waals surface area contributed by atoms with Gasteiger partial charge in [0.1, 0.15) is 5.78 Å². The first kappa shape index (κ1) is 8.50. The van der Waals surface area contributed by atoms with Crippen LogP contribution in [0.25, 0.3) is 0 Å². The van der Waals surface area contributed by atoms with Crippen molar-refractivity contribution in [1.29, 1.82) is 0 Å². The van der Waals surface area contributed by atoms with Crippen LogP contribution in [0.2, 0.25) is 0 Å². The molecule has 0 spiro atoms. The van der Waals surface area contributed by atoms with E-state index < -0.39 is 6.09 Å². The number of carboxylic acid groups (broad SMARTS) is 1. The Labute approximate surface area is 75.7 Å². The summed E-state index contributed by atoms with van der Waals surface area (Å²) < 4.78 is 0. The van der Waals surface area contributed by atoms with E-state index in [1.165, 1.54) is 4.90 Å². The average molecular weight is 184 g/mol. The lowest BCUT2D eigenvalue weighted by Crippen LogP contribution is -2.57. The summed E-state index contributed by atoms with van der Waals surface area (Å²) in [7, 11) is 0. The number of nitrogens with one attached hydrogen (secondary N) is 1. The number of carbonyl (C=O) groups excluding carboxylic acids is 1. The Morgan fingerprint density at radius 1 is 1.38 bits per heavy atom. The molecule has 5 nitrogen and oxygen atoms in total. The molecule has 2 aliphatic heterocycles. The molecule has 2 aliphatic rings. The predicted octanol–water partition coefficient (Wildman–Crippen LogP) is -0.615. The maximum absolute atomic E-state index is 11.5. The van der Waals surface area contributed by atoms with Gasteiger partial charge < -0.3 is 15.3 Å². The predicted molar refractivity (Wildman–Crippen MR) is 44.5 cm³/mol. The molecular weight excluding hydrogens is 172 g/mol. The number of rotatable bonds is 0. The van der Waals surface area contributed by atoms with E-state index in [4.69, 9.17) is 5.11 Å². The molecule has 0 radical (unpaired) electrons. The van der Waals surface area contributed by atoms with Gasteiger partial charge in [-0.05, 0) is 0 Å². The fourth-order valence-electron chi connectivity index (χ4n) is 2.04. The third-order valence-electron chi connectivity index (χ3n) is 2.74. The lowest BCUT2D eigenvalue weighted by Gasteiger charge is -2.38. The Balaban J connectivity index is 2.11. The van der Waals surface area contributed by atoms with Crippen LogP contribution in [0.3, 0.4) is 0 Å². The Kier molecular flexibility index (Phi) is 1.95. The fourth-order valence-corrected chi connectivity index (χ4v) is 2.04. The molecule has 2 unspecified atom stereocenters. The van der Waals surface area contributed by atoms with Crippen molar-refractivity contribution in [2.24, 2.45) is 11.8 Å². The van der Waals surface area contributed by atoms with E-state index >= 15 is 0 Å². The van der Waals surface area contributed by atoms with Crippen molar-refractivity contribution in [3.8, 4) is 0 Å². The number of ketones is 1. The van der Waals surface area contributed by atoms with Gasteiger partial charge in [0.05, 0.1) is 0 Å². The molecule has 2 atom stereocenters. The number of Topliss-reactive ketones (excluding diaryl/α,β-unsaturated/α-hetero) is 1. The minimum absolute atomic E-state index is 0.122. The Hall–Kier alpha value is -1.10. The molecule has 0 aliphatic carbocycles. The second kappa shape index (κ2) is 2.99. The first-order valence-electron chi connectivity index (χ1n) is 4.41. The van der Waals surface area contributed by atoms with E-state index in [0.717, 1.165) is 0 Å². The van der Waals surface area contributed by atoms with Crippen LogP contribution in [0.1, 0.15) is 0 Å². The van der Waals surface area contributed by atoms with Crippen LogP contribution in [-0.2, 0) is 4.79 Å². The zero-order valence-corrected chi connectivity index (χ0v) is 7.19. The van der Waals surface area contributed by atoms with Gasteiger partial charge in [-0.2, -0.15) is 0 Å². The zero-order chi connectivity index (χ0) is 9.42. The number of fused-ring (bicyclic) bond motifs is 2. The SMILES string of the molecule is O=C1C2CNCC1CN(C(=O)O)C2. The third-order valence-corrected chi connectivity index (χ3v) is 2.74. The molecule has 2 heterocycles. The van der Waals surface area contributed by atoms with Gasteiger partial charge in [-0.15, -0.1) is 0 Å². The molecule has 13 heavy (non-hydrogen) atoms. The fraction of sp³-hybridized carbons (Fsp3) is 0.750. The van der Waals surface area contributed by atoms with Crippen molar-refractivity contribution >= 4 is 11.9 Å². The minimum Gasteiger partial charge on any atom is -0.465 e. The largest absolute Gasteiger partial charge is 0.465 e. The quantitative estimate of drug-likeness (QED) is 0.526. The van der Waals surface area contributed by atoms with E-state index in [9.17, 15) is 9.59 Å². The molecule has 0 aromatic carbocycles. The van der Waals surface area contributed by atoms with E-state index in [0.29, 0.717) is 26.2 Å². The van der Waals surface area contributed by atoms with Gasteiger partial charge in [-0.25, -0.2) is 4.79 Å². The molecule has 2 N–H and O–H groups in total. The summed E-state index contributed by atoms with van der Waals surface area (Å²) in [6, 6.07) is 0. The van der Waals surface area contributed by atoms with Crippen LogP contribution < -0.4 is 5.32 Å². The van der Waals surface area contributed by atoms with Gasteiger partial charge in [0.15, 0.2) is 0 Å². The summed E-state index contributed by atoms with van der Waals surface area (Å²) in [5, 5.41) is 11.9. The highest BCUT2D eigenvalue weighted by molar-refractivity contribution is 5.87. The number of amides is 1. The minimum atomic E-state index is -0.913. The second-order valence-corrected chi connectivity index (χ2v) is 3.64. The summed E-state index contributed by atoms with van der Waals surface area (Å²) in [6.07, 6.45) is -0.913. The molecule has 2 rings (SSSR count). The second-order valence-electron chi connectivity index (χ2n) is 3.64. The van der Waals surface area contributed by atoms with Crippen molar-refractivity contribution < 1.29 is 14.7 Å². The number of piperidine rings is 2. The molecule has 0 aromatic rings. The molecule has 2 fully saturated rings. The smallest absolute Gasteiger partial charge is 0.407 e. The molecule has 0 aromatic heterocycles. The zero-order valence-electron chi connectivity index (χ0n) is 7.19. The molecule has 1 amide bonds. The Bertz CT molecular complexity index is 238. The Morgan fingerprint density at radius 2 is 1.92 bits per heavy atom. The van der Waals surface area contributed by atoms with E-state index in [1.807, 2.05) is 0 Å². The van der Waals surface area contributed by atoms with E-state index in [-0.39, 0.29) is 17.6 Å². The van der Waals surface area contributed by atoms with Gasteiger partial charge in [-0.1, -0.05) is 0 Å². The summed E-state index contributed by atoms with van der Waals surface area (Å²) in [6.45, 7) is 1.97. The van der Waals surface area contributed by atoms with Gasteiger partial charge >= 0.3 is 6.09 Å². The van der Waals surface area contributed by atoms with Crippen LogP contribution >= 0.6 is 0 Å². The van der Waals surface area contributed by atoms with Crippen molar-refractivity contribution in [1.82, 2.24) is 10.2 Å². The van der Waals surface area contributed by atoms with Gasteiger partial charge in [0.25, 0.3) is 0 Å². The first-order chi connectivity index (χ1) is 6.18. The summed E-state index contributed by atoms with van der Waals surface area (Å²) in [5.74, 6) is -0.0107. The number of hydrogen-bond acceptors (Lipinski definition) is 3. The first-order valence-corrected chi connectivity index (χ1v) is 4.41. The van der Waals surface area contributed by atoms with Gasteiger partial charge in [-0.3, -0.25) is 4.79 Å². The lowest BCUT2D eigenvalue weighted by atomic mass is 9.84. The highest BCUT2D eigenvalue weighted by Crippen LogP contribution is 2.20. The lowest BCUT2D eigenvalue weighted by molar-refractivity contribution is -0.132. The van der Waals surface area contributed by atoms with Gasteiger partial charge in [0, 0.05) is 38.0 Å². The highest BCUT2D eigenvalue weighted by atomic mass is 16.4. The molecule has 2 bridgehead atoms. The number of nitrogens with zero attached hydrogens (tertiary/aromatic N) is 1. The third kappa shape index (κ3) is 1.39. The topological polar surface area (TPSA) is 69.6 Å². The molecular formula is C8H12N2O3. The highest BCUT2D eigenvalue weighted by Gasteiger charge is 2.39. The molecule has 2 saturated heterocycles. The molecule has 0 saturated carbocycles. The van der Waals surface area contributed by atoms with Crippen LogP contribution in [0.15, 0.2) is 0 Å². The summed E-state index contributed by atoms with van der Waals surface area (Å²) >= 11 is 0. The number of likely N-dealkylation sites (tertiary alicyclic amines) is 1. The summed E-state index contributed by atoms with van der Waals surface area (Å²) in [4.78, 5) is 23.5. The van der Waals surface area contributed by atoms with Crippen molar-refractivity contribution in [3.63, 3.8) is 0 Å². The average Bonchev–Trinajstić information content (AvgIpc) is 2.02. The van der Waals surface area contributed by atoms with Crippen LogP contribution in [-0.4, -0.2) is 48.1 Å². The van der Waals surface area contributed by atoms with E-state index in [1.54, 1.807) is 0 Å². The maximum atomic E-state index is 11.5. The standard InChI is InChI=1S/C8H12N2O3/c11-7-5-1-9-2-6(7)4-10(3-5)8(12)13/h5-6,9H,1-4H2,(H,12,13). The van der Waals surface area contributed by atoms with Crippen LogP contribution in [0, 0.1) is 11.8 Å². The maximum Gasteiger partial charge on any atom is 0.407 e. The number of hydrogen-bond donors (Lipinski definition) is 2. The van der Waals surface area contributed by atoms with E-state index in [2.05, 4.69) is 5.32 Å². The number of carbonyl (C=O) groups is 2. The monoisotopic (exact) mass is 184 g/mol. The van der Waals surface area contributed by atoms with Crippen LogP contribution in [0.4, 0.5) is 4.79 Å². The molecule has 72 valence electrons.